The van der Waals surface area contributed by atoms with Crippen LogP contribution in [0.3, 0.4) is 0 Å². The van der Waals surface area contributed by atoms with Crippen molar-refractivity contribution >= 4 is 5.96 Å². The number of rotatable bonds is 8. The Bertz CT molecular complexity index is 355. The maximum atomic E-state index is 5.57. The molecular weight excluding hydrogens is 242 g/mol. The van der Waals surface area contributed by atoms with Gasteiger partial charge in [-0.2, -0.15) is 0 Å². The highest BCUT2D eigenvalue weighted by molar-refractivity contribution is 5.79. The normalized spacial score (nSPS) is 11.2. The van der Waals surface area contributed by atoms with E-state index in [9.17, 15) is 0 Å². The van der Waals surface area contributed by atoms with Crippen LogP contribution in [-0.2, 0) is 4.74 Å². The lowest BCUT2D eigenvalue weighted by atomic mass is 10.3. The Morgan fingerprint density at radius 1 is 1.11 bits per heavy atom. The van der Waals surface area contributed by atoms with Crippen LogP contribution in [0.25, 0.3) is 0 Å². The van der Waals surface area contributed by atoms with Gasteiger partial charge in [0.25, 0.3) is 0 Å². The number of hydrogen-bond acceptors (Lipinski definition) is 3. The van der Waals surface area contributed by atoms with E-state index < -0.39 is 0 Å². The fourth-order valence-corrected chi connectivity index (χ4v) is 1.46. The summed E-state index contributed by atoms with van der Waals surface area (Å²) in [6, 6.07) is 9.76. The zero-order valence-electron chi connectivity index (χ0n) is 11.7. The van der Waals surface area contributed by atoms with Crippen LogP contribution in [0.4, 0.5) is 0 Å². The van der Waals surface area contributed by atoms with E-state index in [1.54, 1.807) is 7.05 Å². The van der Waals surface area contributed by atoms with Crippen molar-refractivity contribution in [2.24, 2.45) is 4.99 Å². The Hall–Kier alpha value is -1.75. The third-order valence-electron chi connectivity index (χ3n) is 2.37. The molecule has 1 aromatic rings. The van der Waals surface area contributed by atoms with Gasteiger partial charge >= 0.3 is 0 Å². The van der Waals surface area contributed by atoms with Crippen molar-refractivity contribution in [3.8, 4) is 5.75 Å². The van der Waals surface area contributed by atoms with E-state index in [1.165, 1.54) is 0 Å². The molecule has 5 heteroatoms. The molecule has 0 amide bonds. The molecule has 0 saturated heterocycles. The van der Waals surface area contributed by atoms with Gasteiger partial charge in [0.05, 0.1) is 13.2 Å². The number of nitrogens with one attached hydrogen (secondary N) is 2. The lowest BCUT2D eigenvalue weighted by molar-refractivity contribution is 0.152. The van der Waals surface area contributed by atoms with E-state index in [2.05, 4.69) is 15.6 Å². The van der Waals surface area contributed by atoms with Gasteiger partial charge in [0.2, 0.25) is 0 Å². The van der Waals surface area contributed by atoms with E-state index in [-0.39, 0.29) is 0 Å². The first-order chi connectivity index (χ1) is 9.36. The molecule has 0 bridgehead atoms. The Balaban J connectivity index is 2.09. The minimum Gasteiger partial charge on any atom is -0.492 e. The maximum Gasteiger partial charge on any atom is 0.191 e. The van der Waals surface area contributed by atoms with Gasteiger partial charge in [-0.15, -0.1) is 0 Å². The largest absolute Gasteiger partial charge is 0.492 e. The number of nitrogens with zero attached hydrogens (tertiary/aromatic N) is 1. The van der Waals surface area contributed by atoms with Crippen LogP contribution >= 0.6 is 0 Å². The number of hydrogen-bond donors (Lipinski definition) is 2. The summed E-state index contributed by atoms with van der Waals surface area (Å²) in [5, 5.41) is 6.34. The average Bonchev–Trinajstić information content (AvgIpc) is 2.46. The second-order valence-corrected chi connectivity index (χ2v) is 3.78. The first kappa shape index (κ1) is 15.3. The summed E-state index contributed by atoms with van der Waals surface area (Å²) in [6.07, 6.45) is 0. The van der Waals surface area contributed by atoms with E-state index >= 15 is 0 Å². The lowest BCUT2D eigenvalue weighted by Crippen LogP contribution is -2.40. The molecule has 0 saturated carbocycles. The molecule has 1 rings (SSSR count). The smallest absolute Gasteiger partial charge is 0.191 e. The monoisotopic (exact) mass is 265 g/mol. The van der Waals surface area contributed by atoms with E-state index in [0.717, 1.165) is 24.9 Å². The quantitative estimate of drug-likeness (QED) is 0.422. The SMILES string of the molecule is CCOCCNC(=NC)NCCOc1ccccc1. The Labute approximate surface area is 115 Å². The molecule has 0 heterocycles. The zero-order valence-corrected chi connectivity index (χ0v) is 11.7. The molecule has 0 spiro atoms. The van der Waals surface area contributed by atoms with Crippen LogP contribution in [0, 0.1) is 0 Å². The highest BCUT2D eigenvalue weighted by Gasteiger charge is 1.96. The Morgan fingerprint density at radius 3 is 2.42 bits per heavy atom. The van der Waals surface area contributed by atoms with Gasteiger partial charge in [0.1, 0.15) is 12.4 Å². The summed E-state index contributed by atoms with van der Waals surface area (Å²) < 4.78 is 10.8. The summed E-state index contributed by atoms with van der Waals surface area (Å²) >= 11 is 0. The molecule has 0 aliphatic carbocycles. The van der Waals surface area contributed by atoms with Crippen LogP contribution in [0.5, 0.6) is 5.75 Å². The van der Waals surface area contributed by atoms with Crippen molar-refractivity contribution in [3.05, 3.63) is 30.3 Å². The average molecular weight is 265 g/mol. The van der Waals surface area contributed by atoms with E-state index in [1.807, 2.05) is 37.3 Å². The topological polar surface area (TPSA) is 54.9 Å². The number of guanidine groups is 1. The third kappa shape index (κ3) is 7.31. The predicted octanol–water partition coefficient (Wildman–Crippen LogP) is 1.27. The molecule has 0 fully saturated rings. The second-order valence-electron chi connectivity index (χ2n) is 3.78. The number of para-hydroxylation sites is 1. The molecule has 0 unspecified atom stereocenters. The summed E-state index contributed by atoms with van der Waals surface area (Å²) in [6.45, 7) is 5.43. The third-order valence-corrected chi connectivity index (χ3v) is 2.37. The minimum absolute atomic E-state index is 0.593. The summed E-state index contributed by atoms with van der Waals surface area (Å²) in [4.78, 5) is 4.11. The number of ether oxygens (including phenoxy) is 2. The lowest BCUT2D eigenvalue weighted by Gasteiger charge is -2.12. The summed E-state index contributed by atoms with van der Waals surface area (Å²) in [5.41, 5.74) is 0. The fraction of sp³-hybridized carbons (Fsp3) is 0.500. The van der Waals surface area contributed by atoms with Crippen molar-refractivity contribution in [2.75, 3.05) is 40.0 Å². The van der Waals surface area contributed by atoms with Crippen LogP contribution < -0.4 is 15.4 Å². The standard InChI is InChI=1S/C14H23N3O2/c1-3-18-11-9-16-14(15-2)17-10-12-19-13-7-5-4-6-8-13/h4-8H,3,9-12H2,1-2H3,(H2,15,16,17). The maximum absolute atomic E-state index is 5.57. The first-order valence-electron chi connectivity index (χ1n) is 6.57. The number of aliphatic imine (C=N–C) groups is 1. The van der Waals surface area contributed by atoms with Crippen molar-refractivity contribution in [1.29, 1.82) is 0 Å². The first-order valence-corrected chi connectivity index (χ1v) is 6.57. The molecule has 0 aromatic heterocycles. The molecule has 106 valence electrons. The fourth-order valence-electron chi connectivity index (χ4n) is 1.46. The molecule has 0 aliphatic heterocycles. The summed E-state index contributed by atoms with van der Waals surface area (Å²) in [7, 11) is 1.74. The highest BCUT2D eigenvalue weighted by Crippen LogP contribution is 2.07. The van der Waals surface area contributed by atoms with Crippen LogP contribution in [-0.4, -0.2) is 45.9 Å². The molecule has 1 aromatic carbocycles. The second kappa shape index (κ2) is 10.2. The van der Waals surface area contributed by atoms with Gasteiger partial charge in [-0.3, -0.25) is 4.99 Å². The van der Waals surface area contributed by atoms with E-state index in [0.29, 0.717) is 19.8 Å². The molecule has 2 N–H and O–H groups in total. The Morgan fingerprint density at radius 2 is 1.79 bits per heavy atom. The van der Waals surface area contributed by atoms with Crippen molar-refractivity contribution in [2.45, 2.75) is 6.92 Å². The highest BCUT2D eigenvalue weighted by atomic mass is 16.5. The van der Waals surface area contributed by atoms with Crippen molar-refractivity contribution < 1.29 is 9.47 Å². The number of benzene rings is 1. The van der Waals surface area contributed by atoms with E-state index in [4.69, 9.17) is 9.47 Å². The molecule has 19 heavy (non-hydrogen) atoms. The predicted molar refractivity (Wildman–Crippen MR) is 77.8 cm³/mol. The molecule has 0 aliphatic rings. The van der Waals surface area contributed by atoms with Gasteiger partial charge in [0, 0.05) is 20.2 Å². The minimum atomic E-state index is 0.593. The molecule has 0 atom stereocenters. The van der Waals surface area contributed by atoms with Gasteiger partial charge in [-0.1, -0.05) is 18.2 Å². The molecule has 5 nitrogen and oxygen atoms in total. The van der Waals surface area contributed by atoms with Gasteiger partial charge in [-0.05, 0) is 19.1 Å². The van der Waals surface area contributed by atoms with Gasteiger partial charge in [-0.25, -0.2) is 0 Å². The van der Waals surface area contributed by atoms with Gasteiger partial charge in [0.15, 0.2) is 5.96 Å². The van der Waals surface area contributed by atoms with Crippen LogP contribution in [0.2, 0.25) is 0 Å². The van der Waals surface area contributed by atoms with Crippen molar-refractivity contribution in [1.82, 2.24) is 10.6 Å². The van der Waals surface area contributed by atoms with Crippen molar-refractivity contribution in [3.63, 3.8) is 0 Å². The Kier molecular flexibility index (Phi) is 8.22. The van der Waals surface area contributed by atoms with Crippen LogP contribution in [0.15, 0.2) is 35.3 Å². The summed E-state index contributed by atoms with van der Waals surface area (Å²) in [5.74, 6) is 1.64. The zero-order chi connectivity index (χ0) is 13.8. The molecule has 0 radical (unpaired) electrons. The van der Waals surface area contributed by atoms with Gasteiger partial charge < -0.3 is 20.1 Å². The molecular formula is C14H23N3O2. The van der Waals surface area contributed by atoms with Crippen LogP contribution in [0.1, 0.15) is 6.92 Å².